The molecule has 0 bridgehead atoms. The third kappa shape index (κ3) is 3.02. The van der Waals surface area contributed by atoms with E-state index in [-0.39, 0.29) is 5.91 Å². The number of rotatable bonds is 3. The van der Waals surface area contributed by atoms with Gasteiger partial charge >= 0.3 is 0 Å². The van der Waals surface area contributed by atoms with Gasteiger partial charge in [-0.1, -0.05) is 10.4 Å². The number of aromatic nitrogens is 3. The molecule has 1 saturated heterocycles. The van der Waals surface area contributed by atoms with Crippen LogP contribution in [0.3, 0.4) is 0 Å². The van der Waals surface area contributed by atoms with Gasteiger partial charge in [-0.2, -0.15) is 0 Å². The fourth-order valence-corrected chi connectivity index (χ4v) is 2.06. The first-order chi connectivity index (χ1) is 8.29. The summed E-state index contributed by atoms with van der Waals surface area (Å²) in [6, 6.07) is 0. The number of nitrogens with zero attached hydrogens (tertiary/aromatic N) is 5. The average molecular weight is 237 g/mol. The number of carbonyl (C=O) groups excluding carboxylic acids is 1. The van der Waals surface area contributed by atoms with Crippen molar-refractivity contribution in [2.24, 2.45) is 11.1 Å². The van der Waals surface area contributed by atoms with Gasteiger partial charge in [-0.25, -0.2) is 0 Å². The molecular formula is C10H15N5O2. The number of piperidine rings is 1. The molecule has 1 aliphatic heterocycles. The highest BCUT2D eigenvalue weighted by molar-refractivity contribution is 6.25. The minimum Gasteiger partial charge on any atom is -0.411 e. The molecule has 1 amide bonds. The first-order valence-electron chi connectivity index (χ1n) is 5.60. The lowest BCUT2D eigenvalue weighted by atomic mass is 9.97. The van der Waals surface area contributed by atoms with Gasteiger partial charge in [0.15, 0.2) is 0 Å². The maximum Gasteiger partial charge on any atom is 0.268 e. The van der Waals surface area contributed by atoms with E-state index in [2.05, 4.69) is 15.5 Å². The van der Waals surface area contributed by atoms with Crippen molar-refractivity contribution in [2.75, 3.05) is 13.1 Å². The van der Waals surface area contributed by atoms with E-state index in [4.69, 9.17) is 5.21 Å². The second kappa shape index (κ2) is 5.42. The Labute approximate surface area is 98.7 Å². The number of amides is 1. The predicted molar refractivity (Wildman–Crippen MR) is 59.6 cm³/mol. The Morgan fingerprint density at radius 2 is 2.29 bits per heavy atom. The summed E-state index contributed by atoms with van der Waals surface area (Å²) in [5.74, 6) is 0.290. The summed E-state index contributed by atoms with van der Waals surface area (Å²) >= 11 is 0. The van der Waals surface area contributed by atoms with Crippen LogP contribution in [0.5, 0.6) is 0 Å². The normalized spacial score (nSPS) is 17.8. The van der Waals surface area contributed by atoms with Gasteiger partial charge in [-0.15, -0.1) is 5.10 Å². The van der Waals surface area contributed by atoms with E-state index in [1.807, 2.05) is 10.9 Å². The topological polar surface area (TPSA) is 83.6 Å². The monoisotopic (exact) mass is 237 g/mol. The molecule has 7 heteroatoms. The lowest BCUT2D eigenvalue weighted by Gasteiger charge is -2.30. The molecule has 1 aliphatic rings. The van der Waals surface area contributed by atoms with Crippen LogP contribution in [0.15, 0.2) is 17.5 Å². The summed E-state index contributed by atoms with van der Waals surface area (Å²) in [6.07, 6.45) is 6.32. The average Bonchev–Trinajstić information content (AvgIpc) is 2.83. The summed E-state index contributed by atoms with van der Waals surface area (Å²) in [7, 11) is 0. The minimum absolute atomic E-state index is 0.230. The summed E-state index contributed by atoms with van der Waals surface area (Å²) in [5, 5.41) is 18.7. The molecular weight excluding hydrogens is 222 g/mol. The molecule has 17 heavy (non-hydrogen) atoms. The van der Waals surface area contributed by atoms with Crippen molar-refractivity contribution >= 4 is 12.1 Å². The van der Waals surface area contributed by atoms with Gasteiger partial charge < -0.3 is 10.1 Å². The minimum atomic E-state index is -0.230. The Balaban J connectivity index is 1.80. The number of oxime groups is 1. The van der Waals surface area contributed by atoms with Crippen molar-refractivity contribution in [3.63, 3.8) is 0 Å². The second-order valence-electron chi connectivity index (χ2n) is 4.14. The molecule has 2 heterocycles. The van der Waals surface area contributed by atoms with Gasteiger partial charge in [0.1, 0.15) is 6.21 Å². The third-order valence-electron chi connectivity index (χ3n) is 3.01. The Morgan fingerprint density at radius 3 is 2.88 bits per heavy atom. The fraction of sp³-hybridized carbons (Fsp3) is 0.600. The molecule has 1 fully saturated rings. The zero-order valence-corrected chi connectivity index (χ0v) is 9.44. The van der Waals surface area contributed by atoms with E-state index in [0.29, 0.717) is 19.0 Å². The van der Waals surface area contributed by atoms with Crippen molar-refractivity contribution in [3.05, 3.63) is 12.4 Å². The second-order valence-corrected chi connectivity index (χ2v) is 4.14. The Kier molecular flexibility index (Phi) is 3.69. The molecule has 92 valence electrons. The first-order valence-corrected chi connectivity index (χ1v) is 5.60. The van der Waals surface area contributed by atoms with Crippen LogP contribution >= 0.6 is 0 Å². The van der Waals surface area contributed by atoms with Gasteiger partial charge in [0.05, 0.1) is 6.20 Å². The Hall–Kier alpha value is -1.92. The largest absolute Gasteiger partial charge is 0.411 e. The van der Waals surface area contributed by atoms with Crippen molar-refractivity contribution in [1.82, 2.24) is 19.9 Å². The zero-order chi connectivity index (χ0) is 12.1. The van der Waals surface area contributed by atoms with Crippen LogP contribution in [-0.4, -0.2) is 50.3 Å². The maximum absolute atomic E-state index is 11.4. The molecule has 2 rings (SSSR count). The Morgan fingerprint density at radius 1 is 1.53 bits per heavy atom. The first kappa shape index (κ1) is 11.6. The smallest absolute Gasteiger partial charge is 0.268 e. The number of hydrogen-bond donors (Lipinski definition) is 1. The van der Waals surface area contributed by atoms with Gasteiger partial charge in [0.2, 0.25) is 0 Å². The highest BCUT2D eigenvalue weighted by Crippen LogP contribution is 2.18. The van der Waals surface area contributed by atoms with Crippen LogP contribution in [0.1, 0.15) is 12.8 Å². The molecule has 0 spiro atoms. The lowest BCUT2D eigenvalue weighted by Crippen LogP contribution is -2.39. The van der Waals surface area contributed by atoms with Crippen molar-refractivity contribution in [3.8, 4) is 0 Å². The molecule has 0 unspecified atom stereocenters. The molecule has 0 radical (unpaired) electrons. The third-order valence-corrected chi connectivity index (χ3v) is 3.01. The quantitative estimate of drug-likeness (QED) is 0.455. The van der Waals surface area contributed by atoms with Crippen molar-refractivity contribution < 1.29 is 10.0 Å². The molecule has 7 nitrogen and oxygen atoms in total. The van der Waals surface area contributed by atoms with E-state index in [1.165, 1.54) is 0 Å². The molecule has 0 atom stereocenters. The predicted octanol–water partition coefficient (Wildman–Crippen LogP) is -0.0233. The molecule has 1 N–H and O–H groups in total. The van der Waals surface area contributed by atoms with Gasteiger partial charge in [0, 0.05) is 25.8 Å². The van der Waals surface area contributed by atoms with E-state index in [0.717, 1.165) is 25.6 Å². The zero-order valence-electron chi connectivity index (χ0n) is 9.44. The highest BCUT2D eigenvalue weighted by atomic mass is 16.4. The van der Waals surface area contributed by atoms with Gasteiger partial charge in [-0.3, -0.25) is 9.48 Å². The van der Waals surface area contributed by atoms with Gasteiger partial charge in [-0.05, 0) is 18.8 Å². The van der Waals surface area contributed by atoms with E-state index < -0.39 is 0 Å². The highest BCUT2D eigenvalue weighted by Gasteiger charge is 2.22. The standard InChI is InChI=1S/C10H15N5O2/c16-10(7-12-17)14-4-1-9(2-5-14)8-15-6-3-11-13-15/h3,6-7,9,17H,1-2,4-5,8H2/b12-7+. The SMILES string of the molecule is O=C(/C=N/O)N1CCC(Cn2ccnn2)CC1. The lowest BCUT2D eigenvalue weighted by molar-refractivity contribution is -0.125. The van der Waals surface area contributed by atoms with Crippen LogP contribution in [0, 0.1) is 5.92 Å². The Bertz CT molecular complexity index is 381. The molecule has 0 saturated carbocycles. The van der Waals surface area contributed by atoms with E-state index >= 15 is 0 Å². The summed E-state index contributed by atoms with van der Waals surface area (Å²) in [4.78, 5) is 13.1. The number of likely N-dealkylation sites (tertiary alicyclic amines) is 1. The van der Waals surface area contributed by atoms with Gasteiger partial charge in [0.25, 0.3) is 5.91 Å². The van der Waals surface area contributed by atoms with Crippen LogP contribution < -0.4 is 0 Å². The summed E-state index contributed by atoms with van der Waals surface area (Å²) < 4.78 is 1.82. The molecule has 1 aromatic heterocycles. The number of hydrogen-bond acceptors (Lipinski definition) is 5. The van der Waals surface area contributed by atoms with Crippen LogP contribution in [0.2, 0.25) is 0 Å². The fourth-order valence-electron chi connectivity index (χ4n) is 2.06. The number of carbonyl (C=O) groups is 1. The molecule has 0 aromatic carbocycles. The van der Waals surface area contributed by atoms with Crippen molar-refractivity contribution in [2.45, 2.75) is 19.4 Å². The summed E-state index contributed by atoms with van der Waals surface area (Å²) in [6.45, 7) is 2.24. The van der Waals surface area contributed by atoms with E-state index in [1.54, 1.807) is 11.1 Å². The van der Waals surface area contributed by atoms with Crippen molar-refractivity contribution in [1.29, 1.82) is 0 Å². The molecule has 0 aliphatic carbocycles. The van der Waals surface area contributed by atoms with E-state index in [9.17, 15) is 4.79 Å². The maximum atomic E-state index is 11.4. The summed E-state index contributed by atoms with van der Waals surface area (Å²) in [5.41, 5.74) is 0. The molecule has 1 aromatic rings. The van der Waals surface area contributed by atoms with Crippen LogP contribution in [0.25, 0.3) is 0 Å². The van der Waals surface area contributed by atoms with Crippen LogP contribution in [-0.2, 0) is 11.3 Å². The van der Waals surface area contributed by atoms with Crippen LogP contribution in [0.4, 0.5) is 0 Å².